The van der Waals surface area contributed by atoms with Crippen LogP contribution in [0, 0.1) is 5.82 Å². The molecule has 0 unspecified atom stereocenters. The number of para-hydroxylation sites is 1. The van der Waals surface area contributed by atoms with Crippen molar-refractivity contribution >= 4 is 23.4 Å². The third-order valence-electron chi connectivity index (χ3n) is 4.85. The lowest BCUT2D eigenvalue weighted by Crippen LogP contribution is -2.14. The molecule has 0 saturated carbocycles. The third-order valence-corrected chi connectivity index (χ3v) is 5.78. The summed E-state index contributed by atoms with van der Waals surface area (Å²) < 4.78 is 16.8. The molecule has 0 fully saturated rings. The van der Waals surface area contributed by atoms with Gasteiger partial charge in [0.25, 0.3) is 0 Å². The van der Waals surface area contributed by atoms with Crippen LogP contribution in [0.25, 0.3) is 22.8 Å². The van der Waals surface area contributed by atoms with Crippen molar-refractivity contribution in [1.29, 1.82) is 0 Å². The first-order valence-corrected chi connectivity index (χ1v) is 11.2. The number of nitrogens with zero attached hydrogens (tertiary/aromatic N) is 7. The zero-order chi connectivity index (χ0) is 23.3. The van der Waals surface area contributed by atoms with Gasteiger partial charge in [-0.25, -0.2) is 9.07 Å². The van der Waals surface area contributed by atoms with Gasteiger partial charge < -0.3 is 5.32 Å². The number of thioether (sulfide) groups is 1. The fourth-order valence-corrected chi connectivity index (χ4v) is 4.02. The Kier molecular flexibility index (Phi) is 6.08. The van der Waals surface area contributed by atoms with E-state index in [1.54, 1.807) is 36.4 Å². The second kappa shape index (κ2) is 9.63. The normalized spacial score (nSPS) is 10.9. The summed E-state index contributed by atoms with van der Waals surface area (Å²) >= 11 is 1.26. The highest BCUT2D eigenvalue weighted by atomic mass is 32.2. The first-order valence-electron chi connectivity index (χ1n) is 10.2. The molecule has 168 valence electrons. The zero-order valence-electron chi connectivity index (χ0n) is 17.6. The Labute approximate surface area is 197 Å². The SMILES string of the molecule is O=C(CSc1nnc(-c2ccc(F)cc2)n1-c1ccccc1)Nc1ccc(-n2cnnn2)cc1. The van der Waals surface area contributed by atoms with Gasteiger partial charge in [0.15, 0.2) is 11.0 Å². The van der Waals surface area contributed by atoms with Gasteiger partial charge in [0.1, 0.15) is 12.1 Å². The Balaban J connectivity index is 1.32. The fourth-order valence-electron chi connectivity index (χ4n) is 3.26. The molecule has 0 bridgehead atoms. The van der Waals surface area contributed by atoms with Crippen molar-refractivity contribution in [2.45, 2.75) is 5.16 Å². The molecule has 2 heterocycles. The topological polar surface area (TPSA) is 103 Å². The molecule has 0 radical (unpaired) electrons. The molecule has 11 heteroatoms. The van der Waals surface area contributed by atoms with Crippen molar-refractivity contribution in [2.75, 3.05) is 11.1 Å². The fraction of sp³-hybridized carbons (Fsp3) is 0.0435. The van der Waals surface area contributed by atoms with E-state index in [9.17, 15) is 9.18 Å². The first kappa shape index (κ1) is 21.5. The zero-order valence-corrected chi connectivity index (χ0v) is 18.4. The highest BCUT2D eigenvalue weighted by molar-refractivity contribution is 7.99. The molecule has 5 aromatic rings. The Morgan fingerprint density at radius 2 is 1.68 bits per heavy atom. The van der Waals surface area contributed by atoms with Crippen LogP contribution in [0.4, 0.5) is 10.1 Å². The highest BCUT2D eigenvalue weighted by Gasteiger charge is 2.17. The number of hydrogen-bond acceptors (Lipinski definition) is 7. The van der Waals surface area contributed by atoms with Gasteiger partial charge in [-0.3, -0.25) is 9.36 Å². The lowest BCUT2D eigenvalue weighted by atomic mass is 10.2. The Morgan fingerprint density at radius 3 is 2.38 bits per heavy atom. The third kappa shape index (κ3) is 4.69. The van der Waals surface area contributed by atoms with Crippen LogP contribution in [0.3, 0.4) is 0 Å². The number of halogens is 1. The molecule has 0 aliphatic carbocycles. The number of nitrogens with one attached hydrogen (secondary N) is 1. The van der Waals surface area contributed by atoms with Gasteiger partial charge in [-0.1, -0.05) is 30.0 Å². The van der Waals surface area contributed by atoms with Crippen LogP contribution in [-0.4, -0.2) is 46.6 Å². The van der Waals surface area contributed by atoms with Crippen LogP contribution in [0.5, 0.6) is 0 Å². The Bertz CT molecular complexity index is 1390. The number of rotatable bonds is 7. The molecule has 3 aromatic carbocycles. The number of carbonyl (C=O) groups is 1. The molecule has 5 rings (SSSR count). The quantitative estimate of drug-likeness (QED) is 0.360. The van der Waals surface area contributed by atoms with E-state index in [0.717, 1.165) is 16.9 Å². The number of carbonyl (C=O) groups excluding carboxylic acids is 1. The van der Waals surface area contributed by atoms with E-state index in [0.29, 0.717) is 16.7 Å². The summed E-state index contributed by atoms with van der Waals surface area (Å²) in [6.07, 6.45) is 1.49. The number of amides is 1. The van der Waals surface area contributed by atoms with Gasteiger partial charge >= 0.3 is 0 Å². The van der Waals surface area contributed by atoms with Crippen LogP contribution in [-0.2, 0) is 4.79 Å². The summed E-state index contributed by atoms with van der Waals surface area (Å²) in [5.74, 6) is 0.175. The molecular formula is C23H17FN8OS. The summed E-state index contributed by atoms with van der Waals surface area (Å²) in [4.78, 5) is 12.6. The minimum atomic E-state index is -0.327. The summed E-state index contributed by atoms with van der Waals surface area (Å²) in [5, 5.41) is 23.1. The summed E-state index contributed by atoms with van der Waals surface area (Å²) in [6, 6.07) is 22.8. The largest absolute Gasteiger partial charge is 0.325 e. The van der Waals surface area contributed by atoms with Gasteiger partial charge in [0.2, 0.25) is 5.91 Å². The summed E-state index contributed by atoms with van der Waals surface area (Å²) in [7, 11) is 0. The van der Waals surface area contributed by atoms with Crippen molar-refractivity contribution in [2.24, 2.45) is 0 Å². The highest BCUT2D eigenvalue weighted by Crippen LogP contribution is 2.28. The van der Waals surface area contributed by atoms with E-state index in [2.05, 4.69) is 31.0 Å². The van der Waals surface area contributed by atoms with E-state index in [1.165, 1.54) is 34.9 Å². The van der Waals surface area contributed by atoms with Gasteiger partial charge in [0, 0.05) is 16.9 Å². The molecule has 0 aliphatic heterocycles. The Hall–Kier alpha value is -4.38. The monoisotopic (exact) mass is 472 g/mol. The molecule has 0 aliphatic rings. The Morgan fingerprint density at radius 1 is 0.912 bits per heavy atom. The van der Waals surface area contributed by atoms with Crippen molar-refractivity contribution < 1.29 is 9.18 Å². The molecule has 0 saturated heterocycles. The molecule has 9 nitrogen and oxygen atoms in total. The van der Waals surface area contributed by atoms with Crippen molar-refractivity contribution in [1.82, 2.24) is 35.0 Å². The maximum Gasteiger partial charge on any atom is 0.234 e. The predicted molar refractivity (Wildman–Crippen MR) is 125 cm³/mol. The van der Waals surface area contributed by atoms with Crippen LogP contribution in [0.15, 0.2) is 90.3 Å². The van der Waals surface area contributed by atoms with E-state index in [1.807, 2.05) is 34.9 Å². The average Bonchev–Trinajstić information content (AvgIpc) is 3.55. The second-order valence-electron chi connectivity index (χ2n) is 7.12. The van der Waals surface area contributed by atoms with E-state index in [-0.39, 0.29) is 17.5 Å². The number of tetrazole rings is 1. The second-order valence-corrected chi connectivity index (χ2v) is 8.06. The first-order chi connectivity index (χ1) is 16.7. The predicted octanol–water partition coefficient (Wildman–Crippen LogP) is 3.78. The molecule has 34 heavy (non-hydrogen) atoms. The minimum Gasteiger partial charge on any atom is -0.325 e. The maximum atomic E-state index is 13.4. The molecule has 1 N–H and O–H groups in total. The van der Waals surface area contributed by atoms with Gasteiger partial charge in [-0.2, -0.15) is 0 Å². The van der Waals surface area contributed by atoms with Gasteiger partial charge in [-0.05, 0) is 71.1 Å². The van der Waals surface area contributed by atoms with Gasteiger partial charge in [0.05, 0.1) is 11.4 Å². The van der Waals surface area contributed by atoms with E-state index < -0.39 is 0 Å². The van der Waals surface area contributed by atoms with Crippen molar-refractivity contribution in [3.8, 4) is 22.8 Å². The standard InChI is InChI=1S/C23H17FN8OS/c24-17-8-6-16(7-9-17)22-27-28-23(32(22)20-4-2-1-3-5-20)34-14-21(33)26-18-10-12-19(13-11-18)31-15-25-29-30-31/h1-13,15H,14H2,(H,26,33). The van der Waals surface area contributed by atoms with Crippen LogP contribution in [0.1, 0.15) is 0 Å². The van der Waals surface area contributed by atoms with E-state index >= 15 is 0 Å². The van der Waals surface area contributed by atoms with Crippen LogP contribution >= 0.6 is 11.8 Å². The van der Waals surface area contributed by atoms with Crippen LogP contribution < -0.4 is 5.32 Å². The van der Waals surface area contributed by atoms with Gasteiger partial charge in [-0.15, -0.1) is 15.3 Å². The smallest absolute Gasteiger partial charge is 0.234 e. The van der Waals surface area contributed by atoms with Crippen LogP contribution in [0.2, 0.25) is 0 Å². The van der Waals surface area contributed by atoms with E-state index in [4.69, 9.17) is 0 Å². The lowest BCUT2D eigenvalue weighted by Gasteiger charge is -2.10. The minimum absolute atomic E-state index is 0.128. The number of anilines is 1. The summed E-state index contributed by atoms with van der Waals surface area (Å²) in [5.41, 5.74) is 2.99. The number of aromatic nitrogens is 7. The average molecular weight is 473 g/mol. The molecule has 2 aromatic heterocycles. The lowest BCUT2D eigenvalue weighted by molar-refractivity contribution is -0.113. The molecule has 1 amide bonds. The molecule has 0 atom stereocenters. The number of hydrogen-bond donors (Lipinski definition) is 1. The number of benzene rings is 3. The summed E-state index contributed by atoms with van der Waals surface area (Å²) in [6.45, 7) is 0. The molecule has 0 spiro atoms. The van der Waals surface area contributed by atoms with Crippen molar-refractivity contribution in [3.05, 3.63) is 91.0 Å². The van der Waals surface area contributed by atoms with Crippen molar-refractivity contribution in [3.63, 3.8) is 0 Å². The molecular weight excluding hydrogens is 455 g/mol. The maximum absolute atomic E-state index is 13.4.